The smallest absolute Gasteiger partial charge is 0.263 e. The van der Waals surface area contributed by atoms with E-state index in [9.17, 15) is 13.2 Å². The maximum absolute atomic E-state index is 13.4. The van der Waals surface area contributed by atoms with Crippen LogP contribution in [-0.4, -0.2) is 40.2 Å². The van der Waals surface area contributed by atoms with Gasteiger partial charge >= 0.3 is 0 Å². The second-order valence-corrected chi connectivity index (χ2v) is 10.4. The van der Waals surface area contributed by atoms with E-state index in [4.69, 9.17) is 14.2 Å². The third kappa shape index (κ3) is 4.90. The molecule has 0 spiro atoms. The molecule has 2 aliphatic rings. The number of fused-ring (bicyclic) bond motifs is 2. The second kappa shape index (κ2) is 9.50. The molecule has 2 aliphatic heterocycles. The maximum Gasteiger partial charge on any atom is 0.263 e. The zero-order chi connectivity index (χ0) is 24.4. The Morgan fingerprint density at radius 2 is 1.69 bits per heavy atom. The van der Waals surface area contributed by atoms with Crippen LogP contribution >= 0.6 is 0 Å². The zero-order valence-corrected chi connectivity index (χ0v) is 20.0. The van der Waals surface area contributed by atoms with Crippen LogP contribution in [0.3, 0.4) is 0 Å². The molecule has 182 valence electrons. The molecule has 3 aromatic carbocycles. The van der Waals surface area contributed by atoms with Crippen LogP contribution in [-0.2, 0) is 20.6 Å². The maximum atomic E-state index is 13.4. The number of para-hydroxylation sites is 2. The Morgan fingerprint density at radius 1 is 0.971 bits per heavy atom. The standard InChI is InChI=1S/C26H26N2O6S/c1-18(20-11-12-23-24(15-20)33-14-13-32-23)27-26(29)25-16-28(21-9-5-6-10-22(21)34-25)35(30,31)17-19-7-3-2-4-8-19/h2-12,15,18,25H,13-14,16-17H2,1H3,(H,27,29)/t18-,25+/m1/s1. The first-order valence-electron chi connectivity index (χ1n) is 11.4. The summed E-state index contributed by atoms with van der Waals surface area (Å²) in [6, 6.07) is 21.0. The van der Waals surface area contributed by atoms with E-state index < -0.39 is 22.0 Å². The van der Waals surface area contributed by atoms with E-state index >= 15 is 0 Å². The van der Waals surface area contributed by atoms with Gasteiger partial charge in [-0.1, -0.05) is 48.5 Å². The molecular weight excluding hydrogens is 468 g/mol. The van der Waals surface area contributed by atoms with Gasteiger partial charge in [0.2, 0.25) is 10.0 Å². The van der Waals surface area contributed by atoms with Crippen LogP contribution < -0.4 is 23.8 Å². The highest BCUT2D eigenvalue weighted by molar-refractivity contribution is 7.92. The number of nitrogens with zero attached hydrogens (tertiary/aromatic N) is 1. The molecule has 0 saturated heterocycles. The number of amides is 1. The zero-order valence-electron chi connectivity index (χ0n) is 19.2. The SMILES string of the molecule is C[C@@H](NC(=O)[C@@H]1CN(S(=O)(=O)Cc2ccccc2)c2ccccc2O1)c1ccc2c(c1)OCCO2. The normalized spacial score (nSPS) is 17.6. The van der Waals surface area contributed by atoms with E-state index in [0.29, 0.717) is 41.7 Å². The quantitative estimate of drug-likeness (QED) is 0.564. The van der Waals surface area contributed by atoms with Crippen molar-refractivity contribution < 1.29 is 27.4 Å². The van der Waals surface area contributed by atoms with Crippen molar-refractivity contribution in [3.8, 4) is 17.2 Å². The van der Waals surface area contributed by atoms with Gasteiger partial charge in [0.15, 0.2) is 17.6 Å². The number of rotatable bonds is 6. The molecule has 9 heteroatoms. The van der Waals surface area contributed by atoms with Crippen molar-refractivity contribution in [2.75, 3.05) is 24.1 Å². The number of ether oxygens (including phenoxy) is 3. The highest BCUT2D eigenvalue weighted by Crippen LogP contribution is 2.36. The van der Waals surface area contributed by atoms with Crippen molar-refractivity contribution >= 4 is 21.6 Å². The molecule has 5 rings (SSSR count). The fraction of sp³-hybridized carbons (Fsp3) is 0.269. The fourth-order valence-corrected chi connectivity index (χ4v) is 5.77. The molecule has 1 amide bonds. The number of anilines is 1. The summed E-state index contributed by atoms with van der Waals surface area (Å²) in [5.74, 6) is 1.08. The number of carbonyl (C=O) groups excluding carboxylic acids is 1. The van der Waals surface area contributed by atoms with Crippen LogP contribution in [0.2, 0.25) is 0 Å². The Labute approximate surface area is 204 Å². The summed E-state index contributed by atoms with van der Waals surface area (Å²) in [6.45, 7) is 2.71. The topological polar surface area (TPSA) is 94.2 Å². The van der Waals surface area contributed by atoms with Gasteiger partial charge in [0, 0.05) is 0 Å². The number of carbonyl (C=O) groups is 1. The number of nitrogens with one attached hydrogen (secondary N) is 1. The fourth-order valence-electron chi connectivity index (χ4n) is 4.18. The minimum atomic E-state index is -3.76. The van der Waals surface area contributed by atoms with Crippen molar-refractivity contribution in [2.24, 2.45) is 0 Å². The molecule has 3 aromatic rings. The Morgan fingerprint density at radius 3 is 2.49 bits per heavy atom. The molecule has 0 fully saturated rings. The van der Waals surface area contributed by atoms with Crippen molar-refractivity contribution in [1.82, 2.24) is 5.32 Å². The van der Waals surface area contributed by atoms with Gasteiger partial charge in [-0.3, -0.25) is 9.10 Å². The van der Waals surface area contributed by atoms with Gasteiger partial charge in [0.05, 0.1) is 24.0 Å². The minimum absolute atomic E-state index is 0.119. The summed E-state index contributed by atoms with van der Waals surface area (Å²) in [5.41, 5.74) is 1.93. The molecule has 0 aliphatic carbocycles. The van der Waals surface area contributed by atoms with E-state index in [0.717, 1.165) is 5.56 Å². The molecule has 35 heavy (non-hydrogen) atoms. The Balaban J connectivity index is 1.35. The molecule has 1 N–H and O–H groups in total. The first-order chi connectivity index (χ1) is 16.9. The van der Waals surface area contributed by atoms with Crippen LogP contribution in [0.15, 0.2) is 72.8 Å². The molecule has 2 heterocycles. The van der Waals surface area contributed by atoms with Crippen LogP contribution in [0.4, 0.5) is 5.69 Å². The lowest BCUT2D eigenvalue weighted by Crippen LogP contribution is -2.51. The summed E-state index contributed by atoms with van der Waals surface area (Å²) >= 11 is 0. The van der Waals surface area contributed by atoms with Crippen LogP contribution in [0.5, 0.6) is 17.2 Å². The van der Waals surface area contributed by atoms with Crippen molar-refractivity contribution in [3.05, 3.63) is 83.9 Å². The molecule has 0 unspecified atom stereocenters. The summed E-state index contributed by atoms with van der Waals surface area (Å²) in [7, 11) is -3.76. The van der Waals surface area contributed by atoms with Gasteiger partial charge in [0.1, 0.15) is 19.0 Å². The predicted octanol–water partition coefficient (Wildman–Crippen LogP) is 3.43. The monoisotopic (exact) mass is 494 g/mol. The summed E-state index contributed by atoms with van der Waals surface area (Å²) in [4.78, 5) is 13.2. The third-order valence-corrected chi connectivity index (χ3v) is 7.70. The molecule has 0 saturated carbocycles. The largest absolute Gasteiger partial charge is 0.486 e. The summed E-state index contributed by atoms with van der Waals surface area (Å²) in [5, 5.41) is 2.94. The third-order valence-electron chi connectivity index (χ3n) is 5.98. The number of benzene rings is 3. The van der Waals surface area contributed by atoms with Crippen LogP contribution in [0, 0.1) is 0 Å². The van der Waals surface area contributed by atoms with E-state index in [1.165, 1.54) is 4.31 Å². The average Bonchev–Trinajstić information content (AvgIpc) is 2.88. The van der Waals surface area contributed by atoms with Crippen LogP contribution in [0.25, 0.3) is 0 Å². The van der Waals surface area contributed by atoms with Gasteiger partial charge in [-0.15, -0.1) is 0 Å². The van der Waals surface area contributed by atoms with Gasteiger partial charge in [-0.05, 0) is 42.3 Å². The first kappa shape index (κ1) is 23.0. The Bertz CT molecular complexity index is 1330. The Kier molecular flexibility index (Phi) is 6.25. The van der Waals surface area contributed by atoms with Crippen molar-refractivity contribution in [1.29, 1.82) is 0 Å². The average molecular weight is 495 g/mol. The summed E-state index contributed by atoms with van der Waals surface area (Å²) in [6.07, 6.45) is -1.00. The van der Waals surface area contributed by atoms with E-state index in [1.807, 2.05) is 31.2 Å². The number of hydrogen-bond acceptors (Lipinski definition) is 6. The highest BCUT2D eigenvalue weighted by Gasteiger charge is 2.37. The number of hydrogen-bond donors (Lipinski definition) is 1. The lowest BCUT2D eigenvalue weighted by Gasteiger charge is -2.35. The molecule has 0 radical (unpaired) electrons. The second-order valence-electron chi connectivity index (χ2n) is 8.48. The first-order valence-corrected chi connectivity index (χ1v) is 13.0. The van der Waals surface area contributed by atoms with Crippen molar-refractivity contribution in [3.63, 3.8) is 0 Å². The highest BCUT2D eigenvalue weighted by atomic mass is 32.2. The molecular formula is C26H26N2O6S. The van der Waals surface area contributed by atoms with Gasteiger partial charge in [-0.2, -0.15) is 0 Å². The minimum Gasteiger partial charge on any atom is -0.486 e. The predicted molar refractivity (Wildman–Crippen MR) is 131 cm³/mol. The van der Waals surface area contributed by atoms with Crippen molar-refractivity contribution in [2.45, 2.75) is 24.8 Å². The molecule has 2 atom stereocenters. The van der Waals surface area contributed by atoms with E-state index in [-0.39, 0.29) is 18.3 Å². The van der Waals surface area contributed by atoms with E-state index in [1.54, 1.807) is 48.5 Å². The van der Waals surface area contributed by atoms with Crippen LogP contribution in [0.1, 0.15) is 24.1 Å². The number of sulfonamides is 1. The molecule has 0 bridgehead atoms. The summed E-state index contributed by atoms with van der Waals surface area (Å²) < 4.78 is 45.2. The van der Waals surface area contributed by atoms with E-state index in [2.05, 4.69) is 5.32 Å². The molecule has 0 aromatic heterocycles. The van der Waals surface area contributed by atoms with Gasteiger partial charge in [0.25, 0.3) is 5.91 Å². The lowest BCUT2D eigenvalue weighted by atomic mass is 10.1. The van der Waals surface area contributed by atoms with Gasteiger partial charge < -0.3 is 19.5 Å². The lowest BCUT2D eigenvalue weighted by molar-refractivity contribution is -0.128. The molecule has 8 nitrogen and oxygen atoms in total. The Hall–Kier alpha value is -3.72. The van der Waals surface area contributed by atoms with Gasteiger partial charge in [-0.25, -0.2) is 8.42 Å².